The molecule has 0 amide bonds. The summed E-state index contributed by atoms with van der Waals surface area (Å²) in [4.78, 5) is 3.58. The van der Waals surface area contributed by atoms with Gasteiger partial charge in [-0.25, -0.2) is 0 Å². The summed E-state index contributed by atoms with van der Waals surface area (Å²) in [5.41, 5.74) is 13.9. The highest BCUT2D eigenvalue weighted by Crippen LogP contribution is 2.48. The molecular formula is C12H10N2S3. The molecule has 4 N–H and O–H groups in total. The Morgan fingerprint density at radius 3 is 2.12 bits per heavy atom. The van der Waals surface area contributed by atoms with Crippen molar-refractivity contribution in [2.75, 3.05) is 11.5 Å². The lowest BCUT2D eigenvalue weighted by Gasteiger charge is -2.00. The van der Waals surface area contributed by atoms with E-state index in [0.29, 0.717) is 10.7 Å². The van der Waals surface area contributed by atoms with Crippen molar-refractivity contribution >= 4 is 44.7 Å². The second kappa shape index (κ2) is 4.18. The van der Waals surface area contributed by atoms with Gasteiger partial charge in [0.15, 0.2) is 0 Å². The minimum atomic E-state index is 0.705. The molecule has 0 bridgehead atoms. The van der Waals surface area contributed by atoms with Crippen LogP contribution in [0.15, 0.2) is 35.0 Å². The average molecular weight is 278 g/mol. The molecule has 5 heteroatoms. The number of nitrogens with two attached hydrogens (primary N) is 2. The van der Waals surface area contributed by atoms with E-state index in [2.05, 4.69) is 22.9 Å². The van der Waals surface area contributed by atoms with E-state index in [1.807, 2.05) is 12.1 Å². The molecule has 0 aliphatic carbocycles. The van der Waals surface area contributed by atoms with Crippen LogP contribution in [-0.2, 0) is 0 Å². The van der Waals surface area contributed by atoms with Gasteiger partial charge in [0, 0.05) is 15.3 Å². The summed E-state index contributed by atoms with van der Waals surface area (Å²) in [6.45, 7) is 0. The number of rotatable bonds is 2. The van der Waals surface area contributed by atoms with E-state index in [4.69, 9.17) is 11.5 Å². The van der Waals surface area contributed by atoms with Gasteiger partial charge >= 0.3 is 0 Å². The van der Waals surface area contributed by atoms with Crippen molar-refractivity contribution in [2.45, 2.75) is 0 Å². The third-order valence-corrected chi connectivity index (χ3v) is 5.46. The predicted octanol–water partition coefficient (Wildman–Crippen LogP) is 4.37. The predicted molar refractivity (Wildman–Crippen MR) is 79.8 cm³/mol. The Balaban J connectivity index is 2.26. The zero-order chi connectivity index (χ0) is 11.8. The highest BCUT2D eigenvalue weighted by atomic mass is 32.1. The fourth-order valence-electron chi connectivity index (χ4n) is 1.71. The summed E-state index contributed by atoms with van der Waals surface area (Å²) in [6, 6.07) is 8.27. The van der Waals surface area contributed by atoms with E-state index in [1.54, 1.807) is 34.0 Å². The van der Waals surface area contributed by atoms with Crippen LogP contribution in [0.3, 0.4) is 0 Å². The van der Waals surface area contributed by atoms with Gasteiger partial charge < -0.3 is 11.5 Å². The maximum absolute atomic E-state index is 6.10. The van der Waals surface area contributed by atoms with Crippen molar-refractivity contribution < 1.29 is 0 Å². The van der Waals surface area contributed by atoms with Crippen LogP contribution >= 0.6 is 34.0 Å². The minimum Gasteiger partial charge on any atom is -0.396 e. The maximum Gasteiger partial charge on any atom is 0.110 e. The molecule has 0 spiro atoms. The van der Waals surface area contributed by atoms with Crippen LogP contribution in [0.1, 0.15) is 0 Å². The maximum atomic E-state index is 6.10. The number of hydrogen-bond acceptors (Lipinski definition) is 5. The molecule has 3 aromatic rings. The monoisotopic (exact) mass is 278 g/mol. The third-order valence-electron chi connectivity index (χ3n) is 2.49. The van der Waals surface area contributed by atoms with Gasteiger partial charge in [-0.05, 0) is 22.9 Å². The van der Waals surface area contributed by atoms with Crippen molar-refractivity contribution in [3.63, 3.8) is 0 Å². The smallest absolute Gasteiger partial charge is 0.110 e. The van der Waals surface area contributed by atoms with Crippen LogP contribution in [0.2, 0.25) is 0 Å². The Hall–Kier alpha value is -1.30. The van der Waals surface area contributed by atoms with Gasteiger partial charge in [0.05, 0.1) is 10.6 Å². The van der Waals surface area contributed by atoms with Crippen LogP contribution in [0, 0.1) is 0 Å². The zero-order valence-corrected chi connectivity index (χ0v) is 11.3. The zero-order valence-electron chi connectivity index (χ0n) is 8.84. The molecule has 2 nitrogen and oxygen atoms in total. The SMILES string of the molecule is Nc1sc(-c2cccs2)c(-c2cccs2)c1N. The molecule has 0 unspecified atom stereocenters. The fourth-order valence-corrected chi connectivity index (χ4v) is 4.43. The molecule has 0 saturated heterocycles. The van der Waals surface area contributed by atoms with Gasteiger partial charge in [-0.1, -0.05) is 12.1 Å². The molecule has 0 aliphatic heterocycles. The van der Waals surface area contributed by atoms with E-state index >= 15 is 0 Å². The quantitative estimate of drug-likeness (QED) is 0.731. The number of hydrogen-bond donors (Lipinski definition) is 2. The molecule has 86 valence electrons. The first-order valence-corrected chi connectivity index (χ1v) is 7.60. The van der Waals surface area contributed by atoms with Crippen LogP contribution in [0.25, 0.3) is 20.2 Å². The lowest BCUT2D eigenvalue weighted by Crippen LogP contribution is -1.90. The van der Waals surface area contributed by atoms with E-state index in [9.17, 15) is 0 Å². The summed E-state index contributed by atoms with van der Waals surface area (Å²) < 4.78 is 0. The molecule has 0 aromatic carbocycles. The highest BCUT2D eigenvalue weighted by molar-refractivity contribution is 7.25. The van der Waals surface area contributed by atoms with E-state index < -0.39 is 0 Å². The summed E-state index contributed by atoms with van der Waals surface area (Å²) >= 11 is 4.97. The molecular weight excluding hydrogens is 268 g/mol. The number of anilines is 2. The molecule has 3 heterocycles. The minimum absolute atomic E-state index is 0.705. The molecule has 0 radical (unpaired) electrons. The molecule has 17 heavy (non-hydrogen) atoms. The van der Waals surface area contributed by atoms with Crippen molar-refractivity contribution in [1.29, 1.82) is 0 Å². The van der Waals surface area contributed by atoms with Crippen molar-refractivity contribution in [2.24, 2.45) is 0 Å². The standard InChI is InChI=1S/C12H10N2S3/c13-10-9(7-3-1-5-15-7)11(17-12(10)14)8-4-2-6-16-8/h1-6H,13-14H2. The molecule has 0 saturated carbocycles. The first-order chi connectivity index (χ1) is 8.27. The van der Waals surface area contributed by atoms with Gasteiger partial charge in [0.1, 0.15) is 5.00 Å². The van der Waals surface area contributed by atoms with Crippen molar-refractivity contribution in [3.05, 3.63) is 35.0 Å². The van der Waals surface area contributed by atoms with Crippen LogP contribution < -0.4 is 11.5 Å². The largest absolute Gasteiger partial charge is 0.396 e. The van der Waals surface area contributed by atoms with Crippen LogP contribution in [0.4, 0.5) is 10.7 Å². The molecule has 0 aliphatic rings. The Kier molecular flexibility index (Phi) is 2.66. The number of thiophene rings is 3. The van der Waals surface area contributed by atoms with Crippen molar-refractivity contribution in [1.82, 2.24) is 0 Å². The first kappa shape index (κ1) is 10.8. The second-order valence-electron chi connectivity index (χ2n) is 3.54. The topological polar surface area (TPSA) is 52.0 Å². The van der Waals surface area contributed by atoms with Crippen molar-refractivity contribution in [3.8, 4) is 20.2 Å². The Labute approximate surface area is 111 Å². The van der Waals surface area contributed by atoms with Gasteiger partial charge in [-0.2, -0.15) is 0 Å². The van der Waals surface area contributed by atoms with Crippen LogP contribution in [-0.4, -0.2) is 0 Å². The Morgan fingerprint density at radius 2 is 1.53 bits per heavy atom. The van der Waals surface area contributed by atoms with Gasteiger partial charge in [0.25, 0.3) is 0 Å². The van der Waals surface area contributed by atoms with E-state index in [-0.39, 0.29) is 0 Å². The Morgan fingerprint density at radius 1 is 0.882 bits per heavy atom. The molecule has 3 rings (SSSR count). The molecule has 0 atom stereocenters. The summed E-state index contributed by atoms with van der Waals surface area (Å²) in [6.07, 6.45) is 0. The van der Waals surface area contributed by atoms with Gasteiger partial charge in [0.2, 0.25) is 0 Å². The molecule has 0 fully saturated rings. The Bertz CT molecular complexity index is 621. The third kappa shape index (κ3) is 1.76. The van der Waals surface area contributed by atoms with Gasteiger partial charge in [-0.3, -0.25) is 0 Å². The van der Waals surface area contributed by atoms with Gasteiger partial charge in [-0.15, -0.1) is 34.0 Å². The van der Waals surface area contributed by atoms with Crippen LogP contribution in [0.5, 0.6) is 0 Å². The fraction of sp³-hybridized carbons (Fsp3) is 0. The average Bonchev–Trinajstić information content (AvgIpc) is 3.01. The summed E-state index contributed by atoms with van der Waals surface area (Å²) in [5.74, 6) is 0. The van der Waals surface area contributed by atoms with E-state index in [0.717, 1.165) is 5.56 Å². The summed E-state index contributed by atoms with van der Waals surface area (Å²) in [5, 5.41) is 4.83. The lowest BCUT2D eigenvalue weighted by atomic mass is 10.1. The lowest BCUT2D eigenvalue weighted by molar-refractivity contribution is 1.80. The van der Waals surface area contributed by atoms with E-state index in [1.165, 1.54) is 14.6 Å². The molecule has 3 aromatic heterocycles. The highest BCUT2D eigenvalue weighted by Gasteiger charge is 2.18. The first-order valence-electron chi connectivity index (χ1n) is 5.03. The number of nitrogen functional groups attached to an aromatic ring is 2. The second-order valence-corrected chi connectivity index (χ2v) is 6.49. The normalized spacial score (nSPS) is 10.8. The summed E-state index contributed by atoms with van der Waals surface area (Å²) in [7, 11) is 0.